The van der Waals surface area contributed by atoms with Gasteiger partial charge in [-0.2, -0.15) is 0 Å². The maximum atomic E-state index is 13.6. The Labute approximate surface area is 140 Å². The molecule has 0 aromatic carbocycles. The molecule has 3 rings (SSSR count). The summed E-state index contributed by atoms with van der Waals surface area (Å²) in [6.45, 7) is -1.15. The summed E-state index contributed by atoms with van der Waals surface area (Å²) in [5, 5.41) is 2.45. The van der Waals surface area contributed by atoms with Crippen LogP contribution in [0.3, 0.4) is 0 Å². The number of aryl methyl sites for hydroxylation is 2. The minimum Gasteiger partial charge on any atom is -0.321 e. The highest BCUT2D eigenvalue weighted by molar-refractivity contribution is 6.08. The van der Waals surface area contributed by atoms with Crippen molar-refractivity contribution < 1.29 is 13.6 Å². The molecule has 2 aromatic rings. The van der Waals surface area contributed by atoms with E-state index in [0.29, 0.717) is 11.3 Å². The van der Waals surface area contributed by atoms with Crippen LogP contribution < -0.4 is 16.4 Å². The minimum absolute atomic E-state index is 0.0215. The number of amides is 1. The molecule has 1 amide bonds. The molecule has 0 fully saturated rings. The van der Waals surface area contributed by atoms with Crippen molar-refractivity contribution in [3.05, 3.63) is 61.9 Å². The number of hydrogen-bond donors (Lipinski definition) is 1. The SMILES string of the molecule is Cn1cnc2c(c1=O)CC(C(=O)Nc1cc(F)c(=O)n(CCF)c1)=C2. The fourth-order valence-electron chi connectivity index (χ4n) is 2.58. The molecule has 0 bridgehead atoms. The summed E-state index contributed by atoms with van der Waals surface area (Å²) in [4.78, 5) is 40.0. The molecule has 0 radical (unpaired) electrons. The number of carbonyl (C=O) groups excluding carboxylic acids is 1. The van der Waals surface area contributed by atoms with Gasteiger partial charge in [0.2, 0.25) is 0 Å². The lowest BCUT2D eigenvalue weighted by molar-refractivity contribution is -0.112. The Hall–Kier alpha value is -3.10. The van der Waals surface area contributed by atoms with Crippen LogP contribution in [0, 0.1) is 5.82 Å². The molecule has 9 heteroatoms. The highest BCUT2D eigenvalue weighted by Gasteiger charge is 2.23. The van der Waals surface area contributed by atoms with Crippen molar-refractivity contribution >= 4 is 17.7 Å². The second-order valence-electron chi connectivity index (χ2n) is 5.59. The number of halogens is 2. The summed E-state index contributed by atoms with van der Waals surface area (Å²) in [7, 11) is 1.56. The zero-order valence-corrected chi connectivity index (χ0v) is 13.3. The van der Waals surface area contributed by atoms with Crippen LogP contribution in [-0.4, -0.2) is 26.7 Å². The van der Waals surface area contributed by atoms with E-state index in [4.69, 9.17) is 0 Å². The van der Waals surface area contributed by atoms with E-state index in [1.807, 2.05) is 0 Å². The van der Waals surface area contributed by atoms with Gasteiger partial charge in [0.1, 0.15) is 6.67 Å². The molecule has 25 heavy (non-hydrogen) atoms. The predicted molar refractivity (Wildman–Crippen MR) is 86.4 cm³/mol. The number of nitrogens with one attached hydrogen (secondary N) is 1. The third-order valence-corrected chi connectivity index (χ3v) is 3.85. The molecule has 0 aliphatic heterocycles. The van der Waals surface area contributed by atoms with Crippen molar-refractivity contribution in [1.29, 1.82) is 0 Å². The summed E-state index contributed by atoms with van der Waals surface area (Å²) in [6.07, 6.45) is 4.12. The van der Waals surface area contributed by atoms with Gasteiger partial charge in [-0.3, -0.25) is 14.4 Å². The number of nitrogens with zero attached hydrogens (tertiary/aromatic N) is 3. The molecule has 1 aliphatic rings. The number of fused-ring (bicyclic) bond motifs is 1. The number of carbonyl (C=O) groups is 1. The van der Waals surface area contributed by atoms with E-state index < -0.39 is 24.0 Å². The molecule has 0 saturated carbocycles. The van der Waals surface area contributed by atoms with E-state index in [1.54, 1.807) is 7.05 Å². The standard InChI is InChI=1S/C16H14F2N4O3/c1-21-8-19-13-5-9(4-11(13)15(21)24)14(23)20-10-6-12(18)16(25)22(7-10)3-2-17/h5-8H,2-4H2,1H3,(H,20,23). The number of aromatic nitrogens is 3. The molecule has 2 aromatic heterocycles. The minimum atomic E-state index is -1.09. The van der Waals surface area contributed by atoms with Gasteiger partial charge in [0, 0.05) is 36.9 Å². The summed E-state index contributed by atoms with van der Waals surface area (Å²) in [5.74, 6) is -1.64. The first-order valence-corrected chi connectivity index (χ1v) is 7.43. The van der Waals surface area contributed by atoms with Gasteiger partial charge in [-0.05, 0) is 6.08 Å². The fourth-order valence-corrected chi connectivity index (χ4v) is 2.58. The average Bonchev–Trinajstić information content (AvgIpc) is 3.01. The lowest BCUT2D eigenvalue weighted by atomic mass is 10.1. The van der Waals surface area contributed by atoms with E-state index in [9.17, 15) is 23.2 Å². The molecular formula is C16H14F2N4O3. The van der Waals surface area contributed by atoms with Gasteiger partial charge in [0.05, 0.1) is 24.3 Å². The van der Waals surface area contributed by atoms with Crippen LogP contribution in [0.2, 0.25) is 0 Å². The van der Waals surface area contributed by atoms with Crippen molar-refractivity contribution in [2.75, 3.05) is 12.0 Å². The highest BCUT2D eigenvalue weighted by atomic mass is 19.1. The van der Waals surface area contributed by atoms with Crippen LogP contribution in [0.15, 0.2) is 33.8 Å². The van der Waals surface area contributed by atoms with E-state index in [2.05, 4.69) is 10.3 Å². The quantitative estimate of drug-likeness (QED) is 0.878. The molecule has 0 spiro atoms. The van der Waals surface area contributed by atoms with Crippen molar-refractivity contribution in [2.45, 2.75) is 13.0 Å². The number of rotatable bonds is 4. The lowest BCUT2D eigenvalue weighted by Gasteiger charge is -2.09. The third-order valence-electron chi connectivity index (χ3n) is 3.85. The second-order valence-corrected chi connectivity index (χ2v) is 5.59. The van der Waals surface area contributed by atoms with Crippen molar-refractivity contribution in [1.82, 2.24) is 14.1 Å². The van der Waals surface area contributed by atoms with Crippen LogP contribution >= 0.6 is 0 Å². The maximum Gasteiger partial charge on any atom is 0.286 e. The first-order valence-electron chi connectivity index (χ1n) is 7.43. The van der Waals surface area contributed by atoms with Crippen molar-refractivity contribution in [3.8, 4) is 0 Å². The summed E-state index contributed by atoms with van der Waals surface area (Å²) < 4.78 is 28.2. The normalized spacial score (nSPS) is 12.7. The second kappa shape index (κ2) is 6.42. The van der Waals surface area contributed by atoms with Crippen LogP contribution in [0.25, 0.3) is 6.08 Å². The monoisotopic (exact) mass is 348 g/mol. The number of pyridine rings is 1. The molecular weight excluding hydrogens is 334 g/mol. The largest absolute Gasteiger partial charge is 0.321 e. The molecule has 1 N–H and O–H groups in total. The molecule has 7 nitrogen and oxygen atoms in total. The van der Waals surface area contributed by atoms with E-state index in [0.717, 1.165) is 10.6 Å². The van der Waals surface area contributed by atoms with Crippen LogP contribution in [0.4, 0.5) is 14.5 Å². The maximum absolute atomic E-state index is 13.6. The molecule has 0 atom stereocenters. The number of hydrogen-bond acceptors (Lipinski definition) is 4. The Kier molecular flexibility index (Phi) is 4.30. The van der Waals surface area contributed by atoms with Gasteiger partial charge in [-0.25, -0.2) is 13.8 Å². The van der Waals surface area contributed by atoms with E-state index in [-0.39, 0.29) is 29.8 Å². The third kappa shape index (κ3) is 3.12. The zero-order chi connectivity index (χ0) is 18.1. The fraction of sp³-hybridized carbons (Fsp3) is 0.250. The van der Waals surface area contributed by atoms with Crippen molar-refractivity contribution in [2.24, 2.45) is 7.05 Å². The topological polar surface area (TPSA) is 86.0 Å². The zero-order valence-electron chi connectivity index (χ0n) is 13.3. The Morgan fingerprint density at radius 2 is 2.12 bits per heavy atom. The average molecular weight is 348 g/mol. The first kappa shape index (κ1) is 16.7. The summed E-state index contributed by atoms with van der Waals surface area (Å²) >= 11 is 0. The summed E-state index contributed by atoms with van der Waals surface area (Å²) in [5.41, 5.74) is -0.0734. The van der Waals surface area contributed by atoms with Crippen molar-refractivity contribution in [3.63, 3.8) is 0 Å². The highest BCUT2D eigenvalue weighted by Crippen LogP contribution is 2.21. The smallest absolute Gasteiger partial charge is 0.286 e. The van der Waals surface area contributed by atoms with E-state index in [1.165, 1.54) is 23.2 Å². The van der Waals surface area contributed by atoms with Gasteiger partial charge < -0.3 is 14.5 Å². The van der Waals surface area contributed by atoms with Gasteiger partial charge >= 0.3 is 0 Å². The number of alkyl halides is 1. The van der Waals surface area contributed by atoms with Gasteiger partial charge in [-0.15, -0.1) is 0 Å². The molecule has 130 valence electrons. The van der Waals surface area contributed by atoms with Crippen LogP contribution in [0.1, 0.15) is 11.3 Å². The lowest BCUT2D eigenvalue weighted by Crippen LogP contribution is -2.25. The first-order chi connectivity index (χ1) is 11.9. The molecule has 0 saturated heterocycles. The molecule has 1 aliphatic carbocycles. The Morgan fingerprint density at radius 1 is 1.36 bits per heavy atom. The number of anilines is 1. The predicted octanol–water partition coefficient (Wildman–Crippen LogP) is 0.629. The molecule has 0 unspecified atom stereocenters. The Balaban J connectivity index is 1.84. The Bertz CT molecular complexity index is 1010. The molecule has 2 heterocycles. The summed E-state index contributed by atoms with van der Waals surface area (Å²) in [6, 6.07) is 0.870. The van der Waals surface area contributed by atoms with Crippen LogP contribution in [-0.2, 0) is 24.8 Å². The van der Waals surface area contributed by atoms with Crippen LogP contribution in [0.5, 0.6) is 0 Å². The van der Waals surface area contributed by atoms with Gasteiger partial charge in [0.15, 0.2) is 5.82 Å². The Morgan fingerprint density at radius 3 is 2.84 bits per heavy atom. The van der Waals surface area contributed by atoms with Gasteiger partial charge in [0.25, 0.3) is 17.0 Å². The van der Waals surface area contributed by atoms with Gasteiger partial charge in [-0.1, -0.05) is 0 Å². The van der Waals surface area contributed by atoms with E-state index >= 15 is 0 Å².